The van der Waals surface area contributed by atoms with Gasteiger partial charge in [0, 0.05) is 9.50 Å². The maximum Gasteiger partial charge on any atom is 0.287 e. The Morgan fingerprint density at radius 2 is 1.92 bits per heavy atom. The summed E-state index contributed by atoms with van der Waals surface area (Å²) in [7, 11) is -4.06. The van der Waals surface area contributed by atoms with Gasteiger partial charge in [0.05, 0.1) is 11.0 Å². The zero-order valence-corrected chi connectivity index (χ0v) is 15.1. The molecule has 0 heterocycles. The highest BCUT2D eigenvalue weighted by Crippen LogP contribution is 2.17. The Balaban J connectivity index is 0.000000243. The van der Waals surface area contributed by atoms with E-state index in [-0.39, 0.29) is 5.56 Å². The summed E-state index contributed by atoms with van der Waals surface area (Å²) in [5.41, 5.74) is 5.87. The van der Waals surface area contributed by atoms with Crippen LogP contribution in [-0.2, 0) is 10.1 Å². The van der Waals surface area contributed by atoms with E-state index in [2.05, 4.69) is 15.9 Å². The highest BCUT2D eigenvalue weighted by Gasteiger charge is 2.05. The number of carbonyl (C=O) groups is 1. The van der Waals surface area contributed by atoms with Gasteiger partial charge in [0.25, 0.3) is 10.1 Å². The van der Waals surface area contributed by atoms with Gasteiger partial charge < -0.3 is 5.73 Å². The molecule has 9 heteroatoms. The van der Waals surface area contributed by atoms with Crippen molar-refractivity contribution in [3.05, 3.63) is 74.3 Å². The average Bonchev–Trinajstić information content (AvgIpc) is 2.45. The summed E-state index contributed by atoms with van der Waals surface area (Å²) < 4.78 is 41.9. The fourth-order valence-electron chi connectivity index (χ4n) is 1.46. The highest BCUT2D eigenvalue weighted by molar-refractivity contribution is 9.10. The average molecular weight is 437 g/mol. The Hall–Kier alpha value is -1.74. The molecule has 0 atom stereocenters. The SMILES string of the molecule is NC(=O)c1ccc(F)cc1Br.O=S(=O)(O)/C=C/c1cccc(Cl)c1. The number of carbonyl (C=O) groups excluding carboxylic acids is 1. The molecule has 0 bridgehead atoms. The fraction of sp³-hybridized carbons (Fsp3) is 0. The molecule has 0 aliphatic carbocycles. The van der Waals surface area contributed by atoms with Gasteiger partial charge in [0.15, 0.2) is 0 Å². The minimum absolute atomic E-state index is 0.284. The van der Waals surface area contributed by atoms with Crippen LogP contribution in [0, 0.1) is 5.82 Å². The number of hydrogen-bond acceptors (Lipinski definition) is 3. The quantitative estimate of drug-likeness (QED) is 0.713. The van der Waals surface area contributed by atoms with Crippen molar-refractivity contribution >= 4 is 49.6 Å². The van der Waals surface area contributed by atoms with Crippen LogP contribution < -0.4 is 5.73 Å². The first-order valence-electron chi connectivity index (χ1n) is 6.24. The molecule has 0 saturated carbocycles. The van der Waals surface area contributed by atoms with Gasteiger partial charge in [-0.2, -0.15) is 8.42 Å². The second-order valence-corrected chi connectivity index (χ2v) is 6.95. The maximum atomic E-state index is 12.4. The van der Waals surface area contributed by atoms with Gasteiger partial charge in [-0.05, 0) is 57.9 Å². The molecule has 0 aromatic heterocycles. The first kappa shape index (κ1) is 20.3. The van der Waals surface area contributed by atoms with Crippen molar-refractivity contribution < 1.29 is 22.2 Å². The zero-order valence-electron chi connectivity index (χ0n) is 12.0. The molecular formula is C15H12BrClFNO4S. The maximum absolute atomic E-state index is 12.4. The Labute approximate surface area is 151 Å². The van der Waals surface area contributed by atoms with E-state index in [4.69, 9.17) is 21.9 Å². The third-order valence-corrected chi connectivity index (χ3v) is 3.85. The standard InChI is InChI=1S/C8H7ClO3S.C7H5BrFNO/c9-8-3-1-2-7(6-8)4-5-13(10,11)12;8-6-3-4(9)1-2-5(6)7(10)11/h1-6H,(H,10,11,12);1-3H,(H2,10,11)/b5-4+;. The third kappa shape index (κ3) is 7.69. The molecule has 1 amide bonds. The second kappa shape index (κ2) is 8.93. The lowest BCUT2D eigenvalue weighted by molar-refractivity contribution is 0.0999. The van der Waals surface area contributed by atoms with E-state index in [1.165, 1.54) is 24.3 Å². The van der Waals surface area contributed by atoms with Gasteiger partial charge >= 0.3 is 0 Å². The summed E-state index contributed by atoms with van der Waals surface area (Å²) >= 11 is 8.66. The van der Waals surface area contributed by atoms with Gasteiger partial charge in [-0.1, -0.05) is 23.7 Å². The number of hydrogen-bond donors (Lipinski definition) is 2. The molecular weight excluding hydrogens is 425 g/mol. The number of primary amides is 1. The number of rotatable bonds is 3. The van der Waals surface area contributed by atoms with Gasteiger partial charge in [-0.15, -0.1) is 0 Å². The van der Waals surface area contributed by atoms with E-state index in [1.54, 1.807) is 24.3 Å². The molecule has 24 heavy (non-hydrogen) atoms. The summed E-state index contributed by atoms with van der Waals surface area (Å²) in [5.74, 6) is -0.973. The third-order valence-electron chi connectivity index (χ3n) is 2.48. The first-order chi connectivity index (χ1) is 11.1. The van der Waals surface area contributed by atoms with Crippen LogP contribution in [0.5, 0.6) is 0 Å². The largest absolute Gasteiger partial charge is 0.366 e. The summed E-state index contributed by atoms with van der Waals surface area (Å²) in [6, 6.07) is 10.3. The molecule has 2 rings (SSSR count). The summed E-state index contributed by atoms with van der Waals surface area (Å²) in [6.45, 7) is 0. The van der Waals surface area contributed by atoms with Crippen LogP contribution in [0.3, 0.4) is 0 Å². The molecule has 128 valence electrons. The number of benzene rings is 2. The van der Waals surface area contributed by atoms with Gasteiger partial charge in [0.1, 0.15) is 5.82 Å². The first-order valence-corrected chi connectivity index (χ1v) is 8.92. The Morgan fingerprint density at radius 1 is 1.25 bits per heavy atom. The van der Waals surface area contributed by atoms with E-state index >= 15 is 0 Å². The summed E-state index contributed by atoms with van der Waals surface area (Å²) in [5, 5.41) is 1.22. The Bertz CT molecular complexity index is 872. The summed E-state index contributed by atoms with van der Waals surface area (Å²) in [6.07, 6.45) is 1.27. The number of halogens is 3. The lowest BCUT2D eigenvalue weighted by atomic mass is 10.2. The van der Waals surface area contributed by atoms with Crippen LogP contribution in [0.25, 0.3) is 6.08 Å². The van der Waals surface area contributed by atoms with Gasteiger partial charge in [-0.25, -0.2) is 4.39 Å². The second-order valence-electron chi connectivity index (χ2n) is 4.36. The normalized spacial score (nSPS) is 11.0. The predicted octanol–water partition coefficient (Wildman–Crippen LogP) is 3.89. The van der Waals surface area contributed by atoms with E-state index in [1.807, 2.05) is 0 Å². The molecule has 0 aliphatic heterocycles. The zero-order chi connectivity index (χ0) is 18.3. The molecule has 0 spiro atoms. The summed E-state index contributed by atoms with van der Waals surface area (Å²) in [4.78, 5) is 10.6. The molecule has 3 N–H and O–H groups in total. The van der Waals surface area contributed by atoms with Crippen molar-refractivity contribution in [2.75, 3.05) is 0 Å². The minimum atomic E-state index is -4.06. The lowest BCUT2D eigenvalue weighted by Gasteiger charge is -1.97. The van der Waals surface area contributed by atoms with Gasteiger partial charge in [-0.3, -0.25) is 9.35 Å². The fourth-order valence-corrected chi connectivity index (χ4v) is 2.54. The van der Waals surface area contributed by atoms with E-state index in [0.29, 0.717) is 20.5 Å². The highest BCUT2D eigenvalue weighted by atomic mass is 79.9. The smallest absolute Gasteiger partial charge is 0.287 e. The topological polar surface area (TPSA) is 97.5 Å². The van der Waals surface area contributed by atoms with Crippen LogP contribution in [0.1, 0.15) is 15.9 Å². The van der Waals surface area contributed by atoms with Crippen molar-refractivity contribution in [1.82, 2.24) is 0 Å². The number of nitrogens with two attached hydrogens (primary N) is 1. The molecule has 0 fully saturated rings. The monoisotopic (exact) mass is 435 g/mol. The van der Waals surface area contributed by atoms with Crippen molar-refractivity contribution in [1.29, 1.82) is 0 Å². The van der Waals surface area contributed by atoms with Crippen LogP contribution in [0.2, 0.25) is 5.02 Å². The molecule has 0 aliphatic rings. The Kier molecular flexibility index (Phi) is 7.56. The predicted molar refractivity (Wildman–Crippen MR) is 94.7 cm³/mol. The van der Waals surface area contributed by atoms with E-state index in [9.17, 15) is 17.6 Å². The van der Waals surface area contributed by atoms with E-state index < -0.39 is 21.8 Å². The molecule has 0 unspecified atom stereocenters. The number of amides is 1. The van der Waals surface area contributed by atoms with Crippen LogP contribution in [0.15, 0.2) is 52.3 Å². The molecule has 0 saturated heterocycles. The van der Waals surface area contributed by atoms with Crippen LogP contribution in [0.4, 0.5) is 4.39 Å². The molecule has 5 nitrogen and oxygen atoms in total. The van der Waals surface area contributed by atoms with Crippen LogP contribution >= 0.6 is 27.5 Å². The van der Waals surface area contributed by atoms with E-state index in [0.717, 1.165) is 0 Å². The molecule has 0 radical (unpaired) electrons. The minimum Gasteiger partial charge on any atom is -0.366 e. The molecule has 2 aromatic rings. The molecule has 2 aromatic carbocycles. The van der Waals surface area contributed by atoms with Crippen LogP contribution in [-0.4, -0.2) is 18.9 Å². The van der Waals surface area contributed by atoms with Gasteiger partial charge in [0.2, 0.25) is 5.91 Å². The van der Waals surface area contributed by atoms with Crippen molar-refractivity contribution in [2.24, 2.45) is 5.73 Å². The lowest BCUT2D eigenvalue weighted by Crippen LogP contribution is -2.11. The van der Waals surface area contributed by atoms with Crippen molar-refractivity contribution in [2.45, 2.75) is 0 Å². The van der Waals surface area contributed by atoms with Crippen molar-refractivity contribution in [3.63, 3.8) is 0 Å². The Morgan fingerprint density at radius 3 is 2.42 bits per heavy atom. The van der Waals surface area contributed by atoms with Crippen molar-refractivity contribution in [3.8, 4) is 0 Å².